The van der Waals surface area contributed by atoms with Gasteiger partial charge in [0, 0.05) is 44.2 Å². The predicted octanol–water partition coefficient (Wildman–Crippen LogP) is 12.4. The third kappa shape index (κ3) is 3.68. The molecule has 3 heteroatoms. The third-order valence-electron chi connectivity index (χ3n) is 14.6. The van der Waals surface area contributed by atoms with Crippen LogP contribution in [0.2, 0.25) is 0 Å². The number of para-hydroxylation sites is 3. The van der Waals surface area contributed by atoms with Gasteiger partial charge in [-0.25, -0.2) is 0 Å². The summed E-state index contributed by atoms with van der Waals surface area (Å²) >= 11 is 0. The minimum absolute atomic E-state index is 0.0575. The molecule has 4 heterocycles. The summed E-state index contributed by atoms with van der Waals surface area (Å²) < 4.78 is 2.73. The molecule has 0 radical (unpaired) electrons. The molecule has 0 saturated carbocycles. The number of benzene rings is 9. The minimum atomic E-state index is -0.551. The Bertz CT molecular complexity index is 3450. The molecule has 0 atom stereocenters. The van der Waals surface area contributed by atoms with Crippen molar-refractivity contribution < 1.29 is 0 Å². The number of fused-ring (bicyclic) bond motifs is 14. The molecule has 0 saturated heterocycles. The van der Waals surface area contributed by atoms with Gasteiger partial charge < -0.3 is 9.38 Å². The van der Waals surface area contributed by atoms with Gasteiger partial charge in [-0.15, -0.1) is 0 Å². The first-order chi connectivity index (χ1) is 29.1. The van der Waals surface area contributed by atoms with Crippen molar-refractivity contribution in [3.8, 4) is 22.3 Å². The highest BCUT2D eigenvalue weighted by Crippen LogP contribution is 2.61. The fourth-order valence-corrected chi connectivity index (χ4v) is 12.3. The first-order valence-corrected chi connectivity index (χ1v) is 21.0. The molecule has 0 spiro atoms. The molecule has 14 rings (SSSR count). The molecule has 9 aromatic carbocycles. The van der Waals surface area contributed by atoms with Crippen molar-refractivity contribution in [3.05, 3.63) is 221 Å². The Morgan fingerprint density at radius 3 is 1.86 bits per heavy atom. The number of aromatic nitrogens is 1. The highest BCUT2D eigenvalue weighted by Gasteiger charge is 2.53. The number of anilines is 3. The van der Waals surface area contributed by atoms with Gasteiger partial charge in [-0.1, -0.05) is 178 Å². The van der Waals surface area contributed by atoms with E-state index < -0.39 is 5.41 Å². The SMILES string of the molecule is CC1(C)c2ccccc2-c2c1cc1c3c2-c2cccc4c5cc6ccccc6cc5n(c24)B3c2cccc3c2N1c1ccccc1C3(c1ccccc1)c1ccccc1. The summed E-state index contributed by atoms with van der Waals surface area (Å²) in [5.74, 6) is 0. The molecule has 59 heavy (non-hydrogen) atoms. The zero-order valence-electron chi connectivity index (χ0n) is 32.9. The van der Waals surface area contributed by atoms with Gasteiger partial charge in [-0.2, -0.15) is 0 Å². The van der Waals surface area contributed by atoms with Gasteiger partial charge in [0.1, 0.15) is 0 Å². The Labute approximate surface area is 343 Å². The summed E-state index contributed by atoms with van der Waals surface area (Å²) in [5, 5.41) is 5.18. The van der Waals surface area contributed by atoms with Crippen LogP contribution in [0.25, 0.3) is 54.8 Å². The zero-order chi connectivity index (χ0) is 38.8. The quantitative estimate of drug-likeness (QED) is 0.160. The average Bonchev–Trinajstić information content (AvgIpc) is 3.73. The van der Waals surface area contributed by atoms with E-state index >= 15 is 0 Å². The Balaban J connectivity index is 1.22. The van der Waals surface area contributed by atoms with E-state index in [1.807, 2.05) is 0 Å². The lowest BCUT2D eigenvalue weighted by Crippen LogP contribution is -2.58. The van der Waals surface area contributed by atoms with Crippen LogP contribution < -0.4 is 15.8 Å². The molecule has 3 aliphatic heterocycles. The lowest BCUT2D eigenvalue weighted by atomic mass is 9.43. The van der Waals surface area contributed by atoms with Crippen LogP contribution in [0, 0.1) is 0 Å². The van der Waals surface area contributed by atoms with Crippen LogP contribution in [0.1, 0.15) is 47.2 Å². The van der Waals surface area contributed by atoms with Gasteiger partial charge >= 0.3 is 6.85 Å². The summed E-state index contributed by atoms with van der Waals surface area (Å²) in [4.78, 5) is 2.67. The molecule has 2 nitrogen and oxygen atoms in total. The summed E-state index contributed by atoms with van der Waals surface area (Å²) in [6.07, 6.45) is 0. The highest BCUT2D eigenvalue weighted by molar-refractivity contribution is 6.90. The van der Waals surface area contributed by atoms with Crippen molar-refractivity contribution >= 4 is 67.4 Å². The van der Waals surface area contributed by atoms with Crippen molar-refractivity contribution in [1.82, 2.24) is 4.48 Å². The summed E-state index contributed by atoms with van der Waals surface area (Å²) in [7, 11) is 0. The molecular formula is C56H37BN2. The Morgan fingerprint density at radius 1 is 0.458 bits per heavy atom. The fourth-order valence-electron chi connectivity index (χ4n) is 12.3. The molecule has 274 valence electrons. The standard InChI is InChI=1S/C56H37BN2/c1-55(2)42-26-12-11-23-39(42)50-45(55)33-49-52-51(50)40-25-15-24-38-41-31-34-17-9-10-18-35(34)32-48(41)59(53(38)40)57(52)46-29-16-28-44-54(46)58(49)47-30-14-13-27-43(47)56(44,36-19-5-3-6-20-36)37-21-7-4-8-22-37/h3-33H,1-2H3. The van der Waals surface area contributed by atoms with E-state index in [1.165, 1.54) is 116 Å². The van der Waals surface area contributed by atoms with Crippen molar-refractivity contribution in [2.45, 2.75) is 24.7 Å². The van der Waals surface area contributed by atoms with E-state index in [2.05, 4.69) is 211 Å². The van der Waals surface area contributed by atoms with Crippen LogP contribution in [0.15, 0.2) is 188 Å². The maximum absolute atomic E-state index is 2.73. The largest absolute Gasteiger partial charge is 0.375 e. The first kappa shape index (κ1) is 31.9. The van der Waals surface area contributed by atoms with Gasteiger partial charge in [-0.05, 0) is 96.0 Å². The number of rotatable bonds is 2. The Morgan fingerprint density at radius 2 is 1.08 bits per heavy atom. The van der Waals surface area contributed by atoms with Crippen molar-refractivity contribution in [1.29, 1.82) is 0 Å². The fraction of sp³-hybridized carbons (Fsp3) is 0.0714. The van der Waals surface area contributed by atoms with E-state index in [4.69, 9.17) is 0 Å². The summed E-state index contributed by atoms with van der Waals surface area (Å²) in [6.45, 7) is 4.81. The van der Waals surface area contributed by atoms with Gasteiger partial charge in [-0.3, -0.25) is 0 Å². The number of nitrogens with zero attached hydrogens (tertiary/aromatic N) is 2. The van der Waals surface area contributed by atoms with Crippen molar-refractivity contribution in [3.63, 3.8) is 0 Å². The molecule has 0 amide bonds. The molecule has 0 N–H and O–H groups in total. The second-order valence-corrected chi connectivity index (χ2v) is 17.5. The molecule has 0 bridgehead atoms. The van der Waals surface area contributed by atoms with Gasteiger partial charge in [0.2, 0.25) is 0 Å². The van der Waals surface area contributed by atoms with Gasteiger partial charge in [0.25, 0.3) is 0 Å². The smallest absolute Gasteiger partial charge is 0.333 e. The minimum Gasteiger partial charge on any atom is -0.375 e. The lowest BCUT2D eigenvalue weighted by Gasteiger charge is -2.51. The van der Waals surface area contributed by atoms with E-state index in [-0.39, 0.29) is 12.3 Å². The second-order valence-electron chi connectivity index (χ2n) is 17.5. The van der Waals surface area contributed by atoms with Crippen LogP contribution in [0.5, 0.6) is 0 Å². The van der Waals surface area contributed by atoms with E-state index in [0.29, 0.717) is 0 Å². The molecule has 0 fully saturated rings. The Kier molecular flexibility index (Phi) is 5.89. The summed E-state index contributed by atoms with van der Waals surface area (Å²) in [6, 6.07) is 71.5. The highest BCUT2D eigenvalue weighted by atomic mass is 15.2. The molecule has 10 aromatic rings. The van der Waals surface area contributed by atoms with Crippen molar-refractivity contribution in [2.75, 3.05) is 4.90 Å². The second kappa shape index (κ2) is 10.9. The third-order valence-corrected chi connectivity index (χ3v) is 14.6. The van der Waals surface area contributed by atoms with Crippen LogP contribution in [0.4, 0.5) is 17.1 Å². The van der Waals surface area contributed by atoms with Gasteiger partial charge in [0.05, 0.1) is 11.1 Å². The summed E-state index contributed by atoms with van der Waals surface area (Å²) in [5.41, 5.74) is 21.9. The van der Waals surface area contributed by atoms with Crippen LogP contribution >= 0.6 is 0 Å². The molecule has 4 aliphatic rings. The molecule has 1 aromatic heterocycles. The van der Waals surface area contributed by atoms with Crippen LogP contribution in [-0.2, 0) is 10.8 Å². The predicted molar refractivity (Wildman–Crippen MR) is 247 cm³/mol. The van der Waals surface area contributed by atoms with Crippen LogP contribution in [0.3, 0.4) is 0 Å². The van der Waals surface area contributed by atoms with E-state index in [9.17, 15) is 0 Å². The lowest BCUT2D eigenvalue weighted by molar-refractivity contribution is 0.660. The van der Waals surface area contributed by atoms with E-state index in [1.54, 1.807) is 0 Å². The van der Waals surface area contributed by atoms with Crippen molar-refractivity contribution in [2.24, 2.45) is 0 Å². The average molecular weight is 749 g/mol. The normalized spacial score (nSPS) is 15.5. The van der Waals surface area contributed by atoms with Gasteiger partial charge in [0.15, 0.2) is 0 Å². The maximum atomic E-state index is 2.73. The number of hydrogen-bond donors (Lipinski definition) is 0. The zero-order valence-corrected chi connectivity index (χ0v) is 32.9. The first-order valence-electron chi connectivity index (χ1n) is 21.0. The topological polar surface area (TPSA) is 8.17 Å². The molecule has 1 aliphatic carbocycles. The monoisotopic (exact) mass is 748 g/mol. The molecular weight excluding hydrogens is 711 g/mol. The Hall–Kier alpha value is -7.10. The molecule has 0 unspecified atom stereocenters. The van der Waals surface area contributed by atoms with Crippen LogP contribution in [-0.4, -0.2) is 11.3 Å². The number of hydrogen-bond acceptors (Lipinski definition) is 1. The maximum Gasteiger partial charge on any atom is 0.333 e. The van der Waals surface area contributed by atoms with E-state index in [0.717, 1.165) is 0 Å².